The first-order chi connectivity index (χ1) is 10.1. The summed E-state index contributed by atoms with van der Waals surface area (Å²) in [5.74, 6) is 0.603. The number of ether oxygens (including phenoxy) is 1. The molecule has 2 rings (SSSR count). The van der Waals surface area contributed by atoms with Crippen LogP contribution in [0.1, 0.15) is 36.8 Å². The van der Waals surface area contributed by atoms with Gasteiger partial charge in [-0.25, -0.2) is 0 Å². The maximum atomic E-state index is 6.12. The number of benzene rings is 2. The summed E-state index contributed by atoms with van der Waals surface area (Å²) < 4.78 is 8.24. The van der Waals surface area contributed by atoms with Gasteiger partial charge in [0.1, 0.15) is 0 Å². The first-order valence-corrected chi connectivity index (χ1v) is 9.28. The monoisotopic (exact) mass is 510 g/mol. The second-order valence-electron chi connectivity index (χ2n) is 5.00. The summed E-state index contributed by atoms with van der Waals surface area (Å²) in [5.41, 5.74) is 2.58. The van der Waals surface area contributed by atoms with Crippen molar-refractivity contribution < 1.29 is 4.74 Å². The quantitative estimate of drug-likeness (QED) is 0.548. The fourth-order valence-corrected chi connectivity index (χ4v) is 3.83. The third-order valence-electron chi connectivity index (χ3n) is 3.51. The molecule has 0 bridgehead atoms. The van der Waals surface area contributed by atoms with Crippen LogP contribution in [0.3, 0.4) is 0 Å². The first-order valence-electron chi connectivity index (χ1n) is 6.95. The first kappa shape index (κ1) is 16.9. The van der Waals surface area contributed by atoms with E-state index < -0.39 is 0 Å². The molecule has 2 unspecified atom stereocenters. The third kappa shape index (κ3) is 4.77. The van der Waals surface area contributed by atoms with Gasteiger partial charge in [-0.3, -0.25) is 0 Å². The Kier molecular flexibility index (Phi) is 6.66. The second kappa shape index (κ2) is 8.26. The Morgan fingerprint density at radius 1 is 0.714 bits per heavy atom. The molecule has 0 aliphatic carbocycles. The van der Waals surface area contributed by atoms with Crippen molar-refractivity contribution in [2.75, 3.05) is 0 Å². The van der Waals surface area contributed by atoms with E-state index in [-0.39, 0.29) is 0 Å². The molecule has 0 aliphatic heterocycles. The van der Waals surface area contributed by atoms with E-state index in [1.807, 2.05) is 55.8 Å². The van der Waals surface area contributed by atoms with Crippen molar-refractivity contribution in [2.24, 2.45) is 0 Å². The van der Waals surface area contributed by atoms with Gasteiger partial charge in [0.05, 0.1) is 0 Å². The molecule has 0 aliphatic rings. The molecule has 21 heavy (non-hydrogen) atoms. The van der Waals surface area contributed by atoms with Crippen LogP contribution in [-0.4, -0.2) is 51.1 Å². The van der Waals surface area contributed by atoms with Crippen LogP contribution >= 0.6 is 0 Å². The number of hydrogen-bond donors (Lipinski definition) is 0. The predicted octanol–water partition coefficient (Wildman–Crippen LogP) is 3.21. The Morgan fingerprint density at radius 3 is 1.38 bits per heavy atom. The molecule has 0 aromatic heterocycles. The Labute approximate surface area is 152 Å². The Hall–Kier alpha value is -0.441. The SMILES string of the molecule is CC(C(=[Te])OC(=[Te])C(C)c1ccccc1)c1ccccc1. The fourth-order valence-electron chi connectivity index (χ4n) is 2.03. The molecule has 3 heteroatoms. The molecular weight excluding hydrogens is 487 g/mol. The van der Waals surface area contributed by atoms with E-state index in [0.29, 0.717) is 11.8 Å². The van der Waals surface area contributed by atoms with Crippen LogP contribution in [0.25, 0.3) is 0 Å². The Morgan fingerprint density at radius 2 is 1.05 bits per heavy atom. The molecule has 0 saturated heterocycles. The van der Waals surface area contributed by atoms with Crippen molar-refractivity contribution in [1.29, 1.82) is 0 Å². The molecule has 108 valence electrons. The van der Waals surface area contributed by atoms with Gasteiger partial charge in [0.15, 0.2) is 0 Å². The zero-order valence-electron chi connectivity index (χ0n) is 12.2. The summed E-state index contributed by atoms with van der Waals surface area (Å²) in [5, 5.41) is 0. The average Bonchev–Trinajstić information content (AvgIpc) is 2.55. The molecule has 0 radical (unpaired) electrons. The molecule has 2 aromatic carbocycles. The molecule has 0 saturated carbocycles. The molecule has 0 N–H and O–H groups in total. The standard InChI is InChI=1S/C18H18OTe2/c1-13(15-9-5-3-6-10-15)17(20)19-18(21)14(2)16-11-7-4-8-12-16/h3-14H,1-2H3. The van der Waals surface area contributed by atoms with Crippen molar-refractivity contribution in [2.45, 2.75) is 25.7 Å². The topological polar surface area (TPSA) is 9.23 Å². The van der Waals surface area contributed by atoms with Gasteiger partial charge in [-0.1, -0.05) is 0 Å². The van der Waals surface area contributed by atoms with Crippen molar-refractivity contribution in [1.82, 2.24) is 0 Å². The van der Waals surface area contributed by atoms with Gasteiger partial charge >= 0.3 is 153 Å². The Balaban J connectivity index is 2.01. The molecule has 0 spiro atoms. The Bertz CT molecular complexity index is 552. The number of rotatable bonds is 6. The summed E-state index contributed by atoms with van der Waals surface area (Å²) in [4.78, 5) is 0. The molecule has 1 nitrogen and oxygen atoms in total. The van der Waals surface area contributed by atoms with Gasteiger partial charge in [-0.05, 0) is 0 Å². The zero-order valence-corrected chi connectivity index (χ0v) is 16.8. The summed E-state index contributed by atoms with van der Waals surface area (Å²) in [6.45, 7) is 4.38. The summed E-state index contributed by atoms with van der Waals surface area (Å²) in [7, 11) is 0. The van der Waals surface area contributed by atoms with E-state index >= 15 is 0 Å². The van der Waals surface area contributed by atoms with Crippen LogP contribution in [0.5, 0.6) is 0 Å². The second-order valence-corrected chi connectivity index (χ2v) is 7.30. The van der Waals surface area contributed by atoms with Crippen molar-refractivity contribution >= 4 is 51.1 Å². The molecule has 0 heterocycles. The van der Waals surface area contributed by atoms with Crippen molar-refractivity contribution in [3.05, 3.63) is 71.8 Å². The molecule has 0 fully saturated rings. The van der Waals surface area contributed by atoms with Crippen LogP contribution in [0.15, 0.2) is 60.7 Å². The van der Waals surface area contributed by atoms with E-state index in [9.17, 15) is 0 Å². The van der Waals surface area contributed by atoms with Crippen LogP contribution in [-0.2, 0) is 4.74 Å². The molecular formula is C18H18OTe2. The van der Waals surface area contributed by atoms with E-state index in [1.54, 1.807) is 0 Å². The van der Waals surface area contributed by atoms with E-state index in [1.165, 1.54) is 11.1 Å². The fraction of sp³-hybridized carbons (Fsp3) is 0.222. The van der Waals surface area contributed by atoms with Crippen molar-refractivity contribution in [3.8, 4) is 0 Å². The van der Waals surface area contributed by atoms with Gasteiger partial charge in [-0.2, -0.15) is 0 Å². The van der Waals surface area contributed by atoms with Crippen molar-refractivity contribution in [3.63, 3.8) is 0 Å². The molecule has 2 atom stereocenters. The van der Waals surface area contributed by atoms with Crippen LogP contribution in [0, 0.1) is 0 Å². The van der Waals surface area contributed by atoms with Gasteiger partial charge in [-0.15, -0.1) is 0 Å². The maximum absolute atomic E-state index is 6.12. The molecule has 0 amide bonds. The summed E-state index contributed by atoms with van der Waals surface area (Å²) in [6.07, 6.45) is 0. The summed E-state index contributed by atoms with van der Waals surface area (Å²) >= 11 is 3.98. The average molecular weight is 506 g/mol. The third-order valence-corrected chi connectivity index (χ3v) is 6.00. The van der Waals surface area contributed by atoms with Gasteiger partial charge in [0.25, 0.3) is 0 Å². The molecule has 2 aromatic rings. The van der Waals surface area contributed by atoms with E-state index in [4.69, 9.17) is 4.74 Å². The summed E-state index contributed by atoms with van der Waals surface area (Å²) in [6, 6.07) is 21.0. The zero-order chi connectivity index (χ0) is 15.2. The predicted molar refractivity (Wildman–Crippen MR) is 92.3 cm³/mol. The van der Waals surface area contributed by atoms with Gasteiger partial charge in [0.2, 0.25) is 0 Å². The minimum atomic E-state index is 0.302. The van der Waals surface area contributed by atoms with Crippen LogP contribution in [0.4, 0.5) is 0 Å². The van der Waals surface area contributed by atoms with Crippen LogP contribution < -0.4 is 0 Å². The number of hydrogen-bond acceptors (Lipinski definition) is 1. The minimum absolute atomic E-state index is 0.302. The van der Waals surface area contributed by atoms with E-state index in [0.717, 1.165) is 7.47 Å². The van der Waals surface area contributed by atoms with E-state index in [2.05, 4.69) is 62.4 Å². The van der Waals surface area contributed by atoms with Gasteiger partial charge in [0, 0.05) is 0 Å². The normalized spacial score (nSPS) is 13.2. The van der Waals surface area contributed by atoms with Crippen LogP contribution in [0.2, 0.25) is 0 Å². The van der Waals surface area contributed by atoms with Gasteiger partial charge < -0.3 is 0 Å².